The number of nitrogen functional groups attached to an aromatic ring is 1. The fourth-order valence-corrected chi connectivity index (χ4v) is 1.57. The lowest BCUT2D eigenvalue weighted by Gasteiger charge is -2.19. The van der Waals surface area contributed by atoms with Crippen molar-refractivity contribution >= 4 is 11.8 Å². The first-order valence-electron chi connectivity index (χ1n) is 5.29. The molecule has 1 heterocycles. The zero-order valence-corrected chi connectivity index (χ0v) is 9.33. The Morgan fingerprint density at radius 2 is 2.06 bits per heavy atom. The maximum Gasteiger partial charge on any atom is 0.433 e. The molecule has 7 heteroatoms. The third-order valence-electron chi connectivity index (χ3n) is 2.64. The molecule has 94 valence electrons. The summed E-state index contributed by atoms with van der Waals surface area (Å²) in [6.45, 7) is 0.702. The van der Waals surface area contributed by atoms with Crippen LogP contribution in [0.3, 0.4) is 0 Å². The normalized spacial score (nSPS) is 16.0. The van der Waals surface area contributed by atoms with Gasteiger partial charge in [-0.1, -0.05) is 0 Å². The fraction of sp³-hybridized carbons (Fsp3) is 0.600. The van der Waals surface area contributed by atoms with E-state index in [-0.39, 0.29) is 11.8 Å². The second kappa shape index (κ2) is 4.05. The largest absolute Gasteiger partial charge is 0.433 e. The molecule has 2 rings (SSSR count). The fourth-order valence-electron chi connectivity index (χ4n) is 1.57. The lowest BCUT2D eigenvalue weighted by Crippen LogP contribution is -2.23. The number of hydrogen-bond donors (Lipinski definition) is 1. The third kappa shape index (κ3) is 2.98. The molecule has 1 aliphatic carbocycles. The maximum absolute atomic E-state index is 12.5. The standard InChI is InChI=1S/C10H13F3N4/c1-17(5-6-2-3-6)8-4-7(10(11,12)13)15-9(14)16-8/h4,6H,2-3,5H2,1H3,(H2,14,15,16). The summed E-state index contributed by atoms with van der Waals surface area (Å²) < 4.78 is 37.6. The van der Waals surface area contributed by atoms with Crippen molar-refractivity contribution in [2.24, 2.45) is 5.92 Å². The number of nitrogens with two attached hydrogens (primary N) is 1. The van der Waals surface area contributed by atoms with E-state index in [1.807, 2.05) is 0 Å². The number of anilines is 2. The number of hydrogen-bond acceptors (Lipinski definition) is 4. The van der Waals surface area contributed by atoms with E-state index in [1.54, 1.807) is 11.9 Å². The summed E-state index contributed by atoms with van der Waals surface area (Å²) in [7, 11) is 1.71. The van der Waals surface area contributed by atoms with Crippen LogP contribution in [-0.2, 0) is 6.18 Å². The van der Waals surface area contributed by atoms with Crippen molar-refractivity contribution in [2.75, 3.05) is 24.2 Å². The Kier molecular flexibility index (Phi) is 2.84. The number of nitrogens with zero attached hydrogens (tertiary/aromatic N) is 3. The van der Waals surface area contributed by atoms with E-state index in [4.69, 9.17) is 5.73 Å². The highest BCUT2D eigenvalue weighted by molar-refractivity contribution is 5.43. The molecule has 1 saturated carbocycles. The highest BCUT2D eigenvalue weighted by Gasteiger charge is 2.34. The van der Waals surface area contributed by atoms with Gasteiger partial charge in [0.1, 0.15) is 5.82 Å². The van der Waals surface area contributed by atoms with Crippen molar-refractivity contribution in [1.29, 1.82) is 0 Å². The Labute approximate surface area is 96.7 Å². The van der Waals surface area contributed by atoms with Crippen molar-refractivity contribution < 1.29 is 13.2 Å². The Bertz CT molecular complexity index is 415. The Morgan fingerprint density at radius 1 is 1.41 bits per heavy atom. The first kappa shape index (κ1) is 11.9. The average molecular weight is 246 g/mol. The molecule has 0 unspecified atom stereocenters. The van der Waals surface area contributed by atoms with Gasteiger partial charge in [0.25, 0.3) is 0 Å². The topological polar surface area (TPSA) is 55.0 Å². The van der Waals surface area contributed by atoms with Gasteiger partial charge < -0.3 is 10.6 Å². The number of halogens is 3. The lowest BCUT2D eigenvalue weighted by molar-refractivity contribution is -0.141. The molecule has 0 saturated heterocycles. The van der Waals surface area contributed by atoms with Crippen LogP contribution in [0.25, 0.3) is 0 Å². The number of aromatic nitrogens is 2. The van der Waals surface area contributed by atoms with Gasteiger partial charge in [0, 0.05) is 19.7 Å². The second-order valence-electron chi connectivity index (χ2n) is 4.29. The van der Waals surface area contributed by atoms with Gasteiger partial charge >= 0.3 is 6.18 Å². The minimum atomic E-state index is -4.49. The minimum absolute atomic E-state index is 0.219. The summed E-state index contributed by atoms with van der Waals surface area (Å²) in [5.74, 6) is 0.430. The van der Waals surface area contributed by atoms with E-state index in [1.165, 1.54) is 0 Å². The van der Waals surface area contributed by atoms with Crippen LogP contribution in [0.15, 0.2) is 6.07 Å². The van der Waals surface area contributed by atoms with Gasteiger partial charge in [-0.15, -0.1) is 0 Å². The van der Waals surface area contributed by atoms with Crippen molar-refractivity contribution in [2.45, 2.75) is 19.0 Å². The van der Waals surface area contributed by atoms with Crippen LogP contribution in [0.5, 0.6) is 0 Å². The van der Waals surface area contributed by atoms with Crippen molar-refractivity contribution in [3.8, 4) is 0 Å². The van der Waals surface area contributed by atoms with E-state index in [2.05, 4.69) is 9.97 Å². The van der Waals surface area contributed by atoms with Crippen LogP contribution < -0.4 is 10.6 Å². The van der Waals surface area contributed by atoms with Crippen molar-refractivity contribution in [3.63, 3.8) is 0 Å². The molecule has 0 atom stereocenters. The van der Waals surface area contributed by atoms with E-state index in [0.29, 0.717) is 12.5 Å². The highest BCUT2D eigenvalue weighted by Crippen LogP contribution is 2.32. The summed E-state index contributed by atoms with van der Waals surface area (Å²) in [6, 6.07) is 0.929. The van der Waals surface area contributed by atoms with Crippen LogP contribution in [0.1, 0.15) is 18.5 Å². The third-order valence-corrected chi connectivity index (χ3v) is 2.64. The molecule has 2 N–H and O–H groups in total. The minimum Gasteiger partial charge on any atom is -0.368 e. The molecule has 0 spiro atoms. The predicted octanol–water partition coefficient (Wildman–Crippen LogP) is 1.92. The second-order valence-corrected chi connectivity index (χ2v) is 4.29. The molecular weight excluding hydrogens is 233 g/mol. The van der Waals surface area contributed by atoms with Crippen LogP contribution in [0.2, 0.25) is 0 Å². The molecule has 1 aliphatic rings. The van der Waals surface area contributed by atoms with E-state index >= 15 is 0 Å². The molecule has 4 nitrogen and oxygen atoms in total. The van der Waals surface area contributed by atoms with E-state index in [9.17, 15) is 13.2 Å². The summed E-state index contributed by atoms with van der Waals surface area (Å²) in [6.07, 6.45) is -2.25. The van der Waals surface area contributed by atoms with Crippen LogP contribution in [0.4, 0.5) is 24.9 Å². The Hall–Kier alpha value is -1.53. The Balaban J connectivity index is 2.23. The van der Waals surface area contributed by atoms with Crippen LogP contribution >= 0.6 is 0 Å². The first-order chi connectivity index (χ1) is 7.86. The van der Waals surface area contributed by atoms with Crippen LogP contribution in [-0.4, -0.2) is 23.6 Å². The zero-order valence-electron chi connectivity index (χ0n) is 9.33. The van der Waals surface area contributed by atoms with Crippen molar-refractivity contribution in [1.82, 2.24) is 9.97 Å². The van der Waals surface area contributed by atoms with Gasteiger partial charge in [-0.2, -0.15) is 18.2 Å². The quantitative estimate of drug-likeness (QED) is 0.885. The summed E-state index contributed by atoms with van der Waals surface area (Å²) in [4.78, 5) is 8.70. The molecule has 1 fully saturated rings. The summed E-state index contributed by atoms with van der Waals surface area (Å²) in [5, 5.41) is 0. The molecule has 1 aromatic rings. The van der Waals surface area contributed by atoms with Crippen LogP contribution in [0, 0.1) is 5.92 Å². The SMILES string of the molecule is CN(CC1CC1)c1cc(C(F)(F)F)nc(N)n1. The molecule has 0 bridgehead atoms. The van der Waals surface area contributed by atoms with Gasteiger partial charge in [-0.3, -0.25) is 0 Å². The van der Waals surface area contributed by atoms with Gasteiger partial charge in [0.2, 0.25) is 5.95 Å². The summed E-state index contributed by atoms with van der Waals surface area (Å²) in [5.41, 5.74) is 4.29. The average Bonchev–Trinajstić information content (AvgIpc) is 2.99. The van der Waals surface area contributed by atoms with Gasteiger partial charge in [0.05, 0.1) is 0 Å². The monoisotopic (exact) mass is 246 g/mol. The van der Waals surface area contributed by atoms with E-state index in [0.717, 1.165) is 18.9 Å². The molecule has 0 aliphatic heterocycles. The molecule has 1 aromatic heterocycles. The summed E-state index contributed by atoms with van der Waals surface area (Å²) >= 11 is 0. The maximum atomic E-state index is 12.5. The highest BCUT2D eigenvalue weighted by atomic mass is 19.4. The van der Waals surface area contributed by atoms with E-state index < -0.39 is 11.9 Å². The molecule has 17 heavy (non-hydrogen) atoms. The van der Waals surface area contributed by atoms with Gasteiger partial charge in [-0.25, -0.2) is 4.98 Å². The van der Waals surface area contributed by atoms with Crippen molar-refractivity contribution in [3.05, 3.63) is 11.8 Å². The molecule has 0 amide bonds. The molecule has 0 radical (unpaired) electrons. The van der Waals surface area contributed by atoms with Gasteiger partial charge in [0.15, 0.2) is 5.69 Å². The number of rotatable bonds is 3. The lowest BCUT2D eigenvalue weighted by atomic mass is 10.3. The smallest absolute Gasteiger partial charge is 0.368 e. The predicted molar refractivity (Wildman–Crippen MR) is 57.4 cm³/mol. The first-order valence-corrected chi connectivity index (χ1v) is 5.29. The van der Waals surface area contributed by atoms with Gasteiger partial charge in [-0.05, 0) is 18.8 Å². The number of alkyl halides is 3. The Morgan fingerprint density at radius 3 is 2.59 bits per heavy atom. The zero-order chi connectivity index (χ0) is 12.6. The molecule has 0 aromatic carbocycles. The molecular formula is C10H13F3N4.